The number of aliphatic hydroxyl groups excluding tert-OH is 6. The van der Waals surface area contributed by atoms with E-state index < -0.39 is 215 Å². The highest BCUT2D eigenvalue weighted by Crippen LogP contribution is 2.50. The van der Waals surface area contributed by atoms with Crippen LogP contribution in [0.3, 0.4) is 0 Å². The van der Waals surface area contributed by atoms with Crippen molar-refractivity contribution >= 4 is 70.5 Å². The average Bonchev–Trinajstić information content (AvgIpc) is 0.764. The van der Waals surface area contributed by atoms with Gasteiger partial charge in [0.25, 0.3) is 0 Å². The number of carbonyl (C=O) groups is 8. The summed E-state index contributed by atoms with van der Waals surface area (Å²) >= 11 is 14.3. The van der Waals surface area contributed by atoms with Crippen molar-refractivity contribution in [2.45, 2.75) is 214 Å². The molecule has 5 aromatic rings. The highest BCUT2D eigenvalue weighted by atomic mass is 35.5. The standard InChI is InChI=1S/C76H96Cl2N10O23/c1-7-8-9-10-11-12-13-14-21-82-70(101)58-41-28-39(90)29-47(92)55(41)40-23-35(15-18-46(40)91)56-71(102)88-60(74(105)86-58)62(95)37-17-20-49(43(78)25-37)108-51-27-38-26-50(65(51)111-75-66(64(97)63(96)52(32-89)109-75)110-54-31-76(5,80)67(98)34(4)106-54)107-48-19-16-36(24-42(48)77)61(94)59(87-68(99)44(81-6)22-33(2)3)73(104)83-45(30-53(79)93)69(100)84-57(38)72(103)85-56/h15-20,23-29,33-34,44-45,52,54,56-64,66-67,75,81,89-92,94-98H,7-14,21-22,30-32,80H2,1-6H3,(H2,79,93)(H,82,101)(H,83,104)(H,84,100)(H,85,103)(H,86,105)(H,87,99)(H,88,102)/t34-,44+,45-,52+,54-,56+,57+,58-,59+,60-,61+,62+,63+,64-,66+,67?,75-,76-/m0/s1. The van der Waals surface area contributed by atoms with Crippen LogP contribution in [0.25, 0.3) is 11.1 Å². The van der Waals surface area contributed by atoms with Crippen molar-refractivity contribution in [2.24, 2.45) is 17.4 Å². The number of hydrogen-bond acceptors (Lipinski definition) is 25. The summed E-state index contributed by atoms with van der Waals surface area (Å²) in [5.74, 6) is -14.3. The summed E-state index contributed by atoms with van der Waals surface area (Å²) in [5.41, 5.74) is 8.78. The second-order valence-electron chi connectivity index (χ2n) is 29.1. The Labute approximate surface area is 648 Å². The molecule has 8 amide bonds. The molecule has 11 bridgehead atoms. The molecular formula is C76H96Cl2N10O23. The number of amides is 8. The minimum absolute atomic E-state index is 0.0748. The lowest BCUT2D eigenvalue weighted by Crippen LogP contribution is -2.64. The molecule has 2 saturated heterocycles. The highest BCUT2D eigenvalue weighted by molar-refractivity contribution is 6.32. The molecule has 7 heterocycles. The average molecular weight is 1590 g/mol. The Morgan fingerprint density at radius 3 is 1.89 bits per heavy atom. The quantitative estimate of drug-likeness (QED) is 0.0442. The maximum absolute atomic E-state index is 16.2. The Hall–Kier alpha value is -9.20. The van der Waals surface area contributed by atoms with E-state index in [9.17, 15) is 65.1 Å². The Balaban J connectivity index is 1.20. The molecule has 602 valence electrons. The van der Waals surface area contributed by atoms with Gasteiger partial charge in [-0.3, -0.25) is 38.4 Å². The third-order valence-electron chi connectivity index (χ3n) is 20.1. The number of hydrogen-bond donors (Lipinski definition) is 19. The van der Waals surface area contributed by atoms with E-state index in [0.717, 1.165) is 93.1 Å². The number of carbonyl (C=O) groups excluding carboxylic acids is 8. The maximum Gasteiger partial charge on any atom is 0.248 e. The number of benzene rings is 5. The second-order valence-corrected chi connectivity index (χ2v) is 30.0. The normalized spacial score (nSPS) is 27.8. The zero-order valence-corrected chi connectivity index (χ0v) is 63.3. The first-order chi connectivity index (χ1) is 52.7. The smallest absolute Gasteiger partial charge is 0.248 e. The molecule has 7 aliphatic heterocycles. The van der Waals surface area contributed by atoms with Crippen LogP contribution in [-0.2, 0) is 52.6 Å². The van der Waals surface area contributed by atoms with Crippen molar-refractivity contribution in [3.8, 4) is 57.1 Å². The van der Waals surface area contributed by atoms with Crippen LogP contribution >= 0.6 is 23.2 Å². The number of nitrogens with two attached hydrogens (primary N) is 2. The first-order valence-corrected chi connectivity index (χ1v) is 37.5. The van der Waals surface area contributed by atoms with Crippen LogP contribution in [0.2, 0.25) is 10.0 Å². The van der Waals surface area contributed by atoms with Crippen molar-refractivity contribution in [2.75, 3.05) is 20.2 Å². The number of nitrogens with one attached hydrogen (secondary N) is 8. The molecule has 0 aliphatic carbocycles. The number of aromatic hydroxyl groups is 3. The summed E-state index contributed by atoms with van der Waals surface area (Å²) in [6.45, 7) is 7.91. The summed E-state index contributed by atoms with van der Waals surface area (Å²) in [7, 11) is 1.48. The summed E-state index contributed by atoms with van der Waals surface area (Å²) in [5, 5.41) is 125. The Morgan fingerprint density at radius 2 is 1.29 bits per heavy atom. The van der Waals surface area contributed by atoms with Crippen molar-refractivity contribution in [3.63, 3.8) is 0 Å². The van der Waals surface area contributed by atoms with E-state index >= 15 is 19.2 Å². The first-order valence-electron chi connectivity index (χ1n) is 36.7. The number of rotatable bonds is 22. The fourth-order valence-corrected chi connectivity index (χ4v) is 14.5. The minimum Gasteiger partial charge on any atom is -0.508 e. The van der Waals surface area contributed by atoms with Gasteiger partial charge in [0.1, 0.15) is 95.5 Å². The predicted octanol–water partition coefficient (Wildman–Crippen LogP) is 3.28. The van der Waals surface area contributed by atoms with E-state index in [1.54, 1.807) is 0 Å². The summed E-state index contributed by atoms with van der Waals surface area (Å²) in [4.78, 5) is 120. The zero-order valence-electron chi connectivity index (χ0n) is 61.7. The lowest BCUT2D eigenvalue weighted by molar-refractivity contribution is -0.333. The fourth-order valence-electron chi connectivity index (χ4n) is 14.1. The molecule has 5 aromatic carbocycles. The van der Waals surface area contributed by atoms with E-state index in [2.05, 4.69) is 49.5 Å². The molecule has 1 unspecified atom stereocenters. The van der Waals surface area contributed by atoms with Crippen LogP contribution in [0.4, 0.5) is 0 Å². The van der Waals surface area contributed by atoms with E-state index in [1.807, 2.05) is 13.8 Å². The SMILES string of the molecule is CCCCCCCCCCNC(=O)[C@H]1NC(=O)[C@H]2NC(=O)[C@H](NC(=O)[C@@H]3NC(=O)[C@H](CC(N)=O)NC(=O)[C@H](NC(=O)[C@@H](CC(C)C)NC)[C@H](O)c4ccc(c(Cl)c4)Oc4cc3cc(c4O[C@@H]3O[C@H](CO)[C@@H](O)[C@H](O)[C@H]3O[C@H]3C[C@](C)(N)C(O)[C@H](C)O3)Oc3ccc(cc3Cl)[C@H]2O)c2ccc(O)c(c2)-c2c(O)cc(O)cc21. The van der Waals surface area contributed by atoms with Gasteiger partial charge in [-0.15, -0.1) is 0 Å². The number of phenols is 3. The number of fused-ring (bicyclic) bond motifs is 15. The van der Waals surface area contributed by atoms with E-state index in [4.69, 9.17) is 63.1 Å². The van der Waals surface area contributed by atoms with Gasteiger partial charge < -0.3 is 128 Å². The number of primary amides is 1. The zero-order chi connectivity index (χ0) is 80.6. The third kappa shape index (κ3) is 19.6. The molecule has 21 N–H and O–H groups in total. The van der Waals surface area contributed by atoms with Crippen molar-refractivity contribution in [1.29, 1.82) is 0 Å². The van der Waals surface area contributed by atoms with Gasteiger partial charge in [-0.25, -0.2) is 0 Å². The van der Waals surface area contributed by atoms with Gasteiger partial charge in [-0.05, 0) is 122 Å². The van der Waals surface area contributed by atoms with E-state index in [0.29, 0.717) is 12.8 Å². The van der Waals surface area contributed by atoms with E-state index in [-0.39, 0.29) is 75.2 Å². The number of likely N-dealkylation sites (N-methyl/N-ethyl adjacent to an activating group) is 1. The number of unbranched alkanes of at least 4 members (excludes halogenated alkanes) is 7. The monoisotopic (exact) mass is 1590 g/mol. The Kier molecular flexibility index (Phi) is 27.7. The van der Waals surface area contributed by atoms with Gasteiger partial charge >= 0.3 is 0 Å². The third-order valence-corrected chi connectivity index (χ3v) is 20.7. The summed E-state index contributed by atoms with van der Waals surface area (Å²) < 4.78 is 38.7. The van der Waals surface area contributed by atoms with Gasteiger partial charge in [-0.1, -0.05) is 107 Å². The van der Waals surface area contributed by atoms with Crippen LogP contribution in [0.1, 0.15) is 163 Å². The lowest BCUT2D eigenvalue weighted by atomic mass is 9.86. The molecule has 2 fully saturated rings. The Morgan fingerprint density at radius 1 is 0.685 bits per heavy atom. The first kappa shape index (κ1) is 84.3. The number of phenolic OH excluding ortho intramolecular Hbond substituents is 3. The maximum atomic E-state index is 16.2. The second kappa shape index (κ2) is 36.5. The number of ether oxygens (including phenoxy) is 6. The van der Waals surface area contributed by atoms with Crippen molar-refractivity contribution in [3.05, 3.63) is 117 Å². The molecule has 0 spiro atoms. The topological polar surface area (TPSA) is 522 Å². The molecule has 35 heteroatoms. The molecule has 12 rings (SSSR count). The van der Waals surface area contributed by atoms with Gasteiger partial charge in [0, 0.05) is 35.7 Å². The summed E-state index contributed by atoms with van der Waals surface area (Å²) in [6.07, 6.45) is -11.1. The predicted molar refractivity (Wildman–Crippen MR) is 397 cm³/mol. The lowest BCUT2D eigenvalue weighted by Gasteiger charge is -2.47. The molecule has 18 atom stereocenters. The summed E-state index contributed by atoms with van der Waals surface area (Å²) in [6, 6.07) is 0.702. The number of halogens is 2. The molecular weight excluding hydrogens is 1490 g/mol. The van der Waals surface area contributed by atoms with Crippen molar-refractivity contribution < 1.29 is 113 Å². The van der Waals surface area contributed by atoms with Gasteiger partial charge in [0.2, 0.25) is 59.3 Å². The van der Waals surface area contributed by atoms with E-state index in [1.165, 1.54) is 45.2 Å². The molecule has 0 aromatic heterocycles. The molecule has 111 heavy (non-hydrogen) atoms. The Bertz CT molecular complexity index is 4270. The van der Waals surface area contributed by atoms with Crippen molar-refractivity contribution in [1.82, 2.24) is 42.5 Å². The van der Waals surface area contributed by atoms with Crippen LogP contribution in [0.15, 0.2) is 78.9 Å². The molecule has 0 radical (unpaired) electrons. The van der Waals surface area contributed by atoms with Crippen LogP contribution in [-0.4, -0.2) is 192 Å². The van der Waals surface area contributed by atoms with Gasteiger partial charge in [0.15, 0.2) is 23.9 Å². The molecule has 7 aliphatic rings. The highest BCUT2D eigenvalue weighted by Gasteiger charge is 2.52. The van der Waals surface area contributed by atoms with Gasteiger partial charge in [0.05, 0.1) is 41.3 Å². The fraction of sp³-hybridized carbons (Fsp3) is 0.500. The largest absolute Gasteiger partial charge is 0.508 e. The number of aliphatic hydroxyl groups is 6. The molecule has 0 saturated carbocycles. The van der Waals surface area contributed by atoms with Crippen LogP contribution < -0.4 is 68.2 Å². The molecule has 33 nitrogen and oxygen atoms in total. The van der Waals surface area contributed by atoms with Gasteiger partial charge in [-0.2, -0.15) is 0 Å². The van der Waals surface area contributed by atoms with Crippen LogP contribution in [0.5, 0.6) is 46.0 Å². The van der Waals surface area contributed by atoms with Crippen LogP contribution in [0, 0.1) is 5.92 Å². The minimum atomic E-state index is -2.33.